The molecule has 6 nitrogen and oxygen atoms in total. The van der Waals surface area contributed by atoms with E-state index in [1.54, 1.807) is 0 Å². The molecule has 0 amide bonds. The second-order valence-corrected chi connectivity index (χ2v) is 12.6. The molecule has 10 atom stereocenters. The van der Waals surface area contributed by atoms with Crippen LogP contribution >= 0.6 is 0 Å². The van der Waals surface area contributed by atoms with E-state index >= 15 is 0 Å². The van der Waals surface area contributed by atoms with Gasteiger partial charge in [0.25, 0.3) is 0 Å². The highest BCUT2D eigenvalue weighted by atomic mass is 16.6. The van der Waals surface area contributed by atoms with Gasteiger partial charge in [-0.2, -0.15) is 0 Å². The van der Waals surface area contributed by atoms with Crippen LogP contribution in [-0.2, 0) is 28.6 Å². The van der Waals surface area contributed by atoms with E-state index in [1.165, 1.54) is 53.1 Å². The third kappa shape index (κ3) is 4.52. The topological polar surface area (TPSA) is 78.9 Å². The van der Waals surface area contributed by atoms with Gasteiger partial charge in [0, 0.05) is 31.6 Å². The van der Waals surface area contributed by atoms with Gasteiger partial charge in [0.15, 0.2) is 0 Å². The summed E-state index contributed by atoms with van der Waals surface area (Å²) >= 11 is 0. The molecular formula is C29H46O6. The SMILES string of the molecule is COC(=O)CC[C@H](C)[C@@H]1CC[C@@H]2[C@H]3CC[C@H]4CCCC[C@]4(C)[C@@H]3[C@@H](OC(C)=O)[C@@H](OC(C)=O)[C@@]21C. The van der Waals surface area contributed by atoms with Crippen molar-refractivity contribution < 1.29 is 28.6 Å². The predicted molar refractivity (Wildman–Crippen MR) is 132 cm³/mol. The average molecular weight is 491 g/mol. The largest absolute Gasteiger partial charge is 0.469 e. The number of methoxy groups -OCH3 is 1. The lowest BCUT2D eigenvalue weighted by Gasteiger charge is -2.64. The summed E-state index contributed by atoms with van der Waals surface area (Å²) in [6.45, 7) is 9.91. The summed E-state index contributed by atoms with van der Waals surface area (Å²) in [5.74, 6) is 1.55. The molecule has 0 heterocycles. The second kappa shape index (κ2) is 10.0. The average Bonchev–Trinajstić information content (AvgIpc) is 3.16. The van der Waals surface area contributed by atoms with Gasteiger partial charge in [0.1, 0.15) is 12.2 Å². The van der Waals surface area contributed by atoms with Crippen molar-refractivity contribution in [2.45, 2.75) is 111 Å². The Morgan fingerprint density at radius 1 is 0.943 bits per heavy atom. The van der Waals surface area contributed by atoms with Crippen LogP contribution in [0, 0.1) is 46.3 Å². The van der Waals surface area contributed by atoms with Crippen LogP contribution in [0.4, 0.5) is 0 Å². The Bertz CT molecular complexity index is 824. The molecule has 0 aromatic carbocycles. The summed E-state index contributed by atoms with van der Waals surface area (Å²) in [5.41, 5.74) is -0.185. The molecule has 0 aromatic heterocycles. The fraction of sp³-hybridized carbons (Fsp3) is 0.897. The normalized spacial score (nSPS) is 43.2. The molecule has 4 rings (SSSR count). The lowest BCUT2D eigenvalue weighted by atomic mass is 9.43. The van der Waals surface area contributed by atoms with Gasteiger partial charge in [0.05, 0.1) is 7.11 Å². The van der Waals surface area contributed by atoms with Crippen molar-refractivity contribution in [3.05, 3.63) is 0 Å². The molecule has 4 fully saturated rings. The molecule has 0 aromatic rings. The number of ether oxygens (including phenoxy) is 3. The maximum atomic E-state index is 12.5. The lowest BCUT2D eigenvalue weighted by Crippen LogP contribution is -2.66. The van der Waals surface area contributed by atoms with Gasteiger partial charge in [-0.1, -0.05) is 33.6 Å². The van der Waals surface area contributed by atoms with Gasteiger partial charge in [-0.25, -0.2) is 0 Å². The quantitative estimate of drug-likeness (QED) is 0.351. The first-order valence-corrected chi connectivity index (χ1v) is 13.9. The molecule has 0 aliphatic heterocycles. The zero-order chi connectivity index (χ0) is 25.5. The zero-order valence-corrected chi connectivity index (χ0v) is 22.6. The first kappa shape index (κ1) is 26.5. The molecular weight excluding hydrogens is 444 g/mol. The van der Waals surface area contributed by atoms with E-state index in [4.69, 9.17) is 14.2 Å². The van der Waals surface area contributed by atoms with Crippen molar-refractivity contribution in [2.75, 3.05) is 7.11 Å². The van der Waals surface area contributed by atoms with Crippen LogP contribution in [0.5, 0.6) is 0 Å². The van der Waals surface area contributed by atoms with E-state index in [0.717, 1.165) is 25.7 Å². The first-order chi connectivity index (χ1) is 16.5. The number of hydrogen-bond acceptors (Lipinski definition) is 6. The molecule has 0 saturated heterocycles. The van der Waals surface area contributed by atoms with E-state index in [9.17, 15) is 14.4 Å². The zero-order valence-electron chi connectivity index (χ0n) is 22.6. The van der Waals surface area contributed by atoms with Crippen molar-refractivity contribution in [2.24, 2.45) is 46.3 Å². The van der Waals surface area contributed by atoms with E-state index in [1.807, 2.05) is 0 Å². The Morgan fingerprint density at radius 2 is 1.66 bits per heavy atom. The molecule has 6 heteroatoms. The molecule has 198 valence electrons. The van der Waals surface area contributed by atoms with Crippen LogP contribution < -0.4 is 0 Å². The van der Waals surface area contributed by atoms with Crippen LogP contribution in [0.3, 0.4) is 0 Å². The molecule has 0 N–H and O–H groups in total. The summed E-state index contributed by atoms with van der Waals surface area (Å²) in [6, 6.07) is 0. The molecule has 0 spiro atoms. The fourth-order valence-corrected chi connectivity index (χ4v) is 9.62. The van der Waals surface area contributed by atoms with E-state index in [2.05, 4.69) is 20.8 Å². The third-order valence-electron chi connectivity index (χ3n) is 11.0. The molecule has 0 radical (unpaired) electrons. The number of carbonyl (C=O) groups is 3. The smallest absolute Gasteiger partial charge is 0.305 e. The minimum Gasteiger partial charge on any atom is -0.469 e. The van der Waals surface area contributed by atoms with E-state index in [0.29, 0.717) is 24.2 Å². The number of fused-ring (bicyclic) bond motifs is 5. The molecule has 35 heavy (non-hydrogen) atoms. The number of rotatable bonds is 6. The van der Waals surface area contributed by atoms with Crippen molar-refractivity contribution in [3.8, 4) is 0 Å². The molecule has 4 saturated carbocycles. The molecule has 4 aliphatic rings. The highest BCUT2D eigenvalue weighted by molar-refractivity contribution is 5.69. The van der Waals surface area contributed by atoms with Gasteiger partial charge in [-0.05, 0) is 80.0 Å². The van der Waals surface area contributed by atoms with E-state index in [-0.39, 0.29) is 46.5 Å². The maximum Gasteiger partial charge on any atom is 0.305 e. The fourth-order valence-electron chi connectivity index (χ4n) is 9.62. The standard InChI is InChI=1S/C29H46O6/c1-17(10-15-24(32)33-6)22-13-14-23-21-12-11-20-9-7-8-16-28(20,4)25(21)26(34-18(2)30)27(29(22,23)5)35-19(3)31/h17,20-23,25-27H,7-16H2,1-6H3/t17-,20+,21+,22-,23+,25-,26+,27+,28-,29+/m0/s1. The van der Waals surface area contributed by atoms with Crippen LogP contribution in [-0.4, -0.2) is 37.2 Å². The lowest BCUT2D eigenvalue weighted by molar-refractivity contribution is -0.246. The highest BCUT2D eigenvalue weighted by Crippen LogP contribution is 2.69. The number of hydrogen-bond donors (Lipinski definition) is 0. The second-order valence-electron chi connectivity index (χ2n) is 12.6. The summed E-state index contributed by atoms with van der Waals surface area (Å²) in [6.07, 6.45) is 9.75. The van der Waals surface area contributed by atoms with Gasteiger partial charge in [-0.3, -0.25) is 14.4 Å². The minimum absolute atomic E-state index is 0.107. The van der Waals surface area contributed by atoms with E-state index < -0.39 is 12.2 Å². The van der Waals surface area contributed by atoms with Crippen molar-refractivity contribution in [1.82, 2.24) is 0 Å². The Morgan fingerprint density at radius 3 is 2.31 bits per heavy atom. The Hall–Kier alpha value is -1.59. The summed E-state index contributed by atoms with van der Waals surface area (Å²) in [7, 11) is 1.43. The van der Waals surface area contributed by atoms with Gasteiger partial charge in [0.2, 0.25) is 0 Å². The van der Waals surface area contributed by atoms with Crippen LogP contribution in [0.2, 0.25) is 0 Å². The summed E-state index contributed by atoms with van der Waals surface area (Å²) < 4.78 is 17.3. The Labute approximate surface area is 211 Å². The summed E-state index contributed by atoms with van der Waals surface area (Å²) in [4.78, 5) is 36.9. The summed E-state index contributed by atoms with van der Waals surface area (Å²) in [5, 5.41) is 0. The maximum absolute atomic E-state index is 12.5. The Kier molecular flexibility index (Phi) is 7.60. The van der Waals surface area contributed by atoms with Crippen molar-refractivity contribution in [1.29, 1.82) is 0 Å². The van der Waals surface area contributed by atoms with Gasteiger partial charge < -0.3 is 14.2 Å². The first-order valence-electron chi connectivity index (χ1n) is 13.9. The van der Waals surface area contributed by atoms with Crippen LogP contribution in [0.1, 0.15) is 98.8 Å². The molecule has 0 bridgehead atoms. The van der Waals surface area contributed by atoms with Crippen LogP contribution in [0.15, 0.2) is 0 Å². The Balaban J connectivity index is 1.76. The minimum atomic E-state index is -0.458. The number of esters is 3. The molecule has 0 unspecified atom stereocenters. The van der Waals surface area contributed by atoms with Crippen LogP contribution in [0.25, 0.3) is 0 Å². The van der Waals surface area contributed by atoms with Gasteiger partial charge >= 0.3 is 17.9 Å². The van der Waals surface area contributed by atoms with Gasteiger partial charge in [-0.15, -0.1) is 0 Å². The highest BCUT2D eigenvalue weighted by Gasteiger charge is 2.69. The monoisotopic (exact) mass is 490 g/mol. The third-order valence-corrected chi connectivity index (χ3v) is 11.0. The van der Waals surface area contributed by atoms with Crippen molar-refractivity contribution in [3.63, 3.8) is 0 Å². The van der Waals surface area contributed by atoms with Crippen molar-refractivity contribution >= 4 is 17.9 Å². The molecule has 4 aliphatic carbocycles. The number of carbonyl (C=O) groups excluding carboxylic acids is 3. The predicted octanol–water partition coefficient (Wildman–Crippen LogP) is 5.71.